The maximum absolute atomic E-state index is 12.4. The fraction of sp³-hybridized carbons (Fsp3) is 0.150. The number of carbonyl (C=O) groups excluding carboxylic acids is 2. The average Bonchev–Trinajstić information content (AvgIpc) is 3.13. The number of aromatic carboxylic acids is 1. The highest BCUT2D eigenvalue weighted by Crippen LogP contribution is 2.26. The van der Waals surface area contributed by atoms with Crippen molar-refractivity contribution in [2.75, 3.05) is 10.6 Å². The van der Waals surface area contributed by atoms with Crippen LogP contribution in [0.1, 0.15) is 32.6 Å². The molecule has 2 amide bonds. The molecule has 1 atom stereocenters. The van der Waals surface area contributed by atoms with Gasteiger partial charge in [-0.05, 0) is 50.2 Å². The van der Waals surface area contributed by atoms with Gasteiger partial charge < -0.3 is 10.4 Å². The Kier molecular flexibility index (Phi) is 6.80. The Hall–Kier alpha value is -3.24. The fourth-order valence-corrected chi connectivity index (χ4v) is 3.96. The van der Waals surface area contributed by atoms with Crippen molar-refractivity contribution >= 4 is 51.7 Å². The molecule has 1 aromatic heterocycles. The third-order valence-corrected chi connectivity index (χ3v) is 5.82. The van der Waals surface area contributed by atoms with Gasteiger partial charge in [0, 0.05) is 10.6 Å². The van der Waals surface area contributed by atoms with Gasteiger partial charge >= 0.3 is 5.97 Å². The topological polar surface area (TPSA) is 121 Å². The minimum Gasteiger partial charge on any atom is -0.478 e. The number of benzene rings is 2. The van der Waals surface area contributed by atoms with Gasteiger partial charge in [0.15, 0.2) is 0 Å². The second-order valence-electron chi connectivity index (χ2n) is 6.20. The minimum absolute atomic E-state index is 0.0624. The summed E-state index contributed by atoms with van der Waals surface area (Å²) in [4.78, 5) is 36.8. The SMILES string of the molecule is Cc1nnc(NC(=O)[C@H](C)Sc2ccc(NC(=O)c3ccccc3C(=O)O)cc2)s1. The molecule has 0 spiro atoms. The van der Waals surface area contributed by atoms with Crippen LogP contribution >= 0.6 is 23.1 Å². The number of rotatable bonds is 7. The quantitative estimate of drug-likeness (QED) is 0.474. The van der Waals surface area contributed by atoms with Crippen LogP contribution in [-0.2, 0) is 4.79 Å². The van der Waals surface area contributed by atoms with Gasteiger partial charge in [-0.2, -0.15) is 0 Å². The second-order valence-corrected chi connectivity index (χ2v) is 8.80. The standard InChI is InChI=1S/C20H18N4O4S2/c1-11(17(25)22-20-24-23-12(2)30-20)29-14-9-7-13(8-10-14)21-18(26)15-5-3-4-6-16(15)19(27)28/h3-11H,1-2H3,(H,21,26)(H,27,28)(H,22,24,25)/t11-/m0/s1. The second kappa shape index (κ2) is 9.51. The highest BCUT2D eigenvalue weighted by atomic mass is 32.2. The summed E-state index contributed by atoms with van der Waals surface area (Å²) in [5, 5.41) is 23.2. The predicted molar refractivity (Wildman–Crippen MR) is 116 cm³/mol. The van der Waals surface area contributed by atoms with Crippen LogP contribution in [0.2, 0.25) is 0 Å². The zero-order valence-corrected chi connectivity index (χ0v) is 17.7. The Bertz CT molecular complexity index is 1080. The molecule has 0 unspecified atom stereocenters. The number of amides is 2. The third kappa shape index (κ3) is 5.43. The first kappa shape index (κ1) is 21.5. The van der Waals surface area contributed by atoms with Gasteiger partial charge in [0.2, 0.25) is 11.0 Å². The van der Waals surface area contributed by atoms with Crippen LogP contribution in [-0.4, -0.2) is 38.3 Å². The van der Waals surface area contributed by atoms with Crippen molar-refractivity contribution in [2.24, 2.45) is 0 Å². The number of carboxylic acid groups (broad SMARTS) is 1. The molecule has 2 aromatic carbocycles. The van der Waals surface area contributed by atoms with Crippen molar-refractivity contribution in [1.29, 1.82) is 0 Å². The van der Waals surface area contributed by atoms with Gasteiger partial charge in [0.1, 0.15) is 5.01 Å². The summed E-state index contributed by atoms with van der Waals surface area (Å²) in [5.41, 5.74) is 0.541. The molecule has 0 radical (unpaired) electrons. The number of carbonyl (C=O) groups is 3. The van der Waals surface area contributed by atoms with Crippen LogP contribution in [0.15, 0.2) is 53.4 Å². The number of aromatic nitrogens is 2. The van der Waals surface area contributed by atoms with Gasteiger partial charge in [0.05, 0.1) is 16.4 Å². The number of nitrogens with zero attached hydrogens (tertiary/aromatic N) is 2. The molecule has 154 valence electrons. The monoisotopic (exact) mass is 442 g/mol. The number of anilines is 2. The lowest BCUT2D eigenvalue weighted by molar-refractivity contribution is -0.115. The van der Waals surface area contributed by atoms with Crippen molar-refractivity contribution in [3.05, 3.63) is 64.7 Å². The van der Waals surface area contributed by atoms with Crippen molar-refractivity contribution in [3.63, 3.8) is 0 Å². The molecule has 0 saturated carbocycles. The van der Waals surface area contributed by atoms with E-state index in [0.717, 1.165) is 9.90 Å². The third-order valence-electron chi connectivity index (χ3n) is 3.95. The van der Waals surface area contributed by atoms with Crippen molar-refractivity contribution in [2.45, 2.75) is 24.0 Å². The van der Waals surface area contributed by atoms with E-state index in [1.165, 1.54) is 35.2 Å². The molecule has 3 rings (SSSR count). The molecule has 8 nitrogen and oxygen atoms in total. The normalized spacial score (nSPS) is 11.5. The molecule has 3 N–H and O–H groups in total. The van der Waals surface area contributed by atoms with E-state index in [9.17, 15) is 19.5 Å². The first-order valence-electron chi connectivity index (χ1n) is 8.85. The van der Waals surface area contributed by atoms with E-state index in [0.29, 0.717) is 10.8 Å². The molecule has 0 aliphatic heterocycles. The van der Waals surface area contributed by atoms with E-state index in [-0.39, 0.29) is 22.3 Å². The van der Waals surface area contributed by atoms with Crippen molar-refractivity contribution in [3.8, 4) is 0 Å². The van der Waals surface area contributed by atoms with Gasteiger partial charge in [-0.3, -0.25) is 14.9 Å². The van der Waals surface area contributed by atoms with Crippen molar-refractivity contribution in [1.82, 2.24) is 10.2 Å². The Balaban J connectivity index is 1.60. The lowest BCUT2D eigenvalue weighted by Crippen LogP contribution is -2.22. The summed E-state index contributed by atoms with van der Waals surface area (Å²) in [5.74, 6) is -1.85. The largest absolute Gasteiger partial charge is 0.478 e. The molecule has 0 saturated heterocycles. The number of nitrogens with one attached hydrogen (secondary N) is 2. The molecular weight excluding hydrogens is 424 g/mol. The molecule has 30 heavy (non-hydrogen) atoms. The maximum Gasteiger partial charge on any atom is 0.336 e. The molecule has 3 aromatic rings. The predicted octanol–water partition coefficient (Wildman–Crippen LogP) is 3.92. The zero-order chi connectivity index (χ0) is 21.7. The number of thioether (sulfide) groups is 1. The van der Waals surface area contributed by atoms with Crippen LogP contribution in [0.3, 0.4) is 0 Å². The smallest absolute Gasteiger partial charge is 0.336 e. The fourth-order valence-electron chi connectivity index (χ4n) is 2.49. The van der Waals surface area contributed by atoms with Crippen LogP contribution in [0.25, 0.3) is 0 Å². The first-order chi connectivity index (χ1) is 14.3. The Morgan fingerprint density at radius 1 is 1.00 bits per heavy atom. The van der Waals surface area contributed by atoms with Crippen LogP contribution in [0, 0.1) is 6.92 Å². The summed E-state index contributed by atoms with van der Waals surface area (Å²) in [6.07, 6.45) is 0. The van der Waals surface area contributed by atoms with Gasteiger partial charge in [-0.15, -0.1) is 22.0 Å². The molecule has 0 aliphatic carbocycles. The highest BCUT2D eigenvalue weighted by Gasteiger charge is 2.17. The number of hydrogen-bond acceptors (Lipinski definition) is 7. The zero-order valence-electron chi connectivity index (χ0n) is 16.1. The molecule has 0 bridgehead atoms. The van der Waals surface area contributed by atoms with E-state index in [1.807, 2.05) is 6.92 Å². The van der Waals surface area contributed by atoms with E-state index in [2.05, 4.69) is 20.8 Å². The Labute approximate surface area is 180 Å². The Morgan fingerprint density at radius 3 is 2.27 bits per heavy atom. The molecule has 1 heterocycles. The Morgan fingerprint density at radius 2 is 1.67 bits per heavy atom. The van der Waals surface area contributed by atoms with Gasteiger partial charge in [0.25, 0.3) is 5.91 Å². The molecule has 0 aliphatic rings. The first-order valence-corrected chi connectivity index (χ1v) is 10.5. The summed E-state index contributed by atoms with van der Waals surface area (Å²) in [7, 11) is 0. The summed E-state index contributed by atoms with van der Waals surface area (Å²) >= 11 is 2.67. The van der Waals surface area contributed by atoms with E-state index in [1.54, 1.807) is 43.3 Å². The summed E-state index contributed by atoms with van der Waals surface area (Å²) in [6.45, 7) is 3.60. The summed E-state index contributed by atoms with van der Waals surface area (Å²) in [6, 6.07) is 13.0. The number of hydrogen-bond donors (Lipinski definition) is 3. The van der Waals surface area contributed by atoms with Crippen molar-refractivity contribution < 1.29 is 19.5 Å². The summed E-state index contributed by atoms with van der Waals surface area (Å²) < 4.78 is 0. The number of aryl methyl sites for hydroxylation is 1. The molecule has 10 heteroatoms. The van der Waals surface area contributed by atoms with E-state index >= 15 is 0 Å². The van der Waals surface area contributed by atoms with Crippen LogP contribution < -0.4 is 10.6 Å². The molecule has 0 fully saturated rings. The lowest BCUT2D eigenvalue weighted by Gasteiger charge is -2.11. The highest BCUT2D eigenvalue weighted by molar-refractivity contribution is 8.00. The van der Waals surface area contributed by atoms with Crippen LogP contribution in [0.5, 0.6) is 0 Å². The van der Waals surface area contributed by atoms with Gasteiger partial charge in [-0.25, -0.2) is 4.79 Å². The van der Waals surface area contributed by atoms with E-state index in [4.69, 9.17) is 0 Å². The van der Waals surface area contributed by atoms with Crippen LogP contribution in [0.4, 0.5) is 10.8 Å². The maximum atomic E-state index is 12.4. The number of carboxylic acids is 1. The lowest BCUT2D eigenvalue weighted by atomic mass is 10.1. The average molecular weight is 443 g/mol. The molecular formula is C20H18N4O4S2. The van der Waals surface area contributed by atoms with Gasteiger partial charge in [-0.1, -0.05) is 23.5 Å². The minimum atomic E-state index is -1.16. The van der Waals surface area contributed by atoms with E-state index < -0.39 is 11.9 Å².